The van der Waals surface area contributed by atoms with E-state index in [0.29, 0.717) is 24.4 Å². The minimum atomic E-state index is -1.54. The van der Waals surface area contributed by atoms with Crippen molar-refractivity contribution in [3.05, 3.63) is 18.2 Å². The summed E-state index contributed by atoms with van der Waals surface area (Å²) in [6, 6.07) is -4.34. The summed E-state index contributed by atoms with van der Waals surface area (Å²) in [5.41, 5.74) is 0.544. The molecule has 1 saturated heterocycles. The van der Waals surface area contributed by atoms with E-state index < -0.39 is 54.3 Å². The van der Waals surface area contributed by atoms with E-state index in [0.717, 1.165) is 6.42 Å². The highest BCUT2D eigenvalue weighted by molar-refractivity contribution is 7.98. The molecule has 34 heavy (non-hydrogen) atoms. The van der Waals surface area contributed by atoms with Gasteiger partial charge in [-0.05, 0) is 37.8 Å². The first-order chi connectivity index (χ1) is 16.2. The molecule has 0 aliphatic carbocycles. The van der Waals surface area contributed by atoms with Crippen molar-refractivity contribution in [3.8, 4) is 0 Å². The van der Waals surface area contributed by atoms with Gasteiger partial charge in [-0.1, -0.05) is 0 Å². The van der Waals surface area contributed by atoms with Gasteiger partial charge in [0.2, 0.25) is 17.7 Å². The molecule has 13 nitrogen and oxygen atoms in total. The lowest BCUT2D eigenvalue weighted by molar-refractivity contribution is -0.143. The van der Waals surface area contributed by atoms with Crippen molar-refractivity contribution in [1.29, 1.82) is 0 Å². The Morgan fingerprint density at radius 3 is 2.38 bits per heavy atom. The van der Waals surface area contributed by atoms with Crippen LogP contribution < -0.4 is 21.3 Å². The predicted octanol–water partition coefficient (Wildman–Crippen LogP) is -1.53. The average Bonchev–Trinajstić information content (AvgIpc) is 3.49. The summed E-state index contributed by atoms with van der Waals surface area (Å²) in [5, 5.41) is 28.9. The summed E-state index contributed by atoms with van der Waals surface area (Å²) in [7, 11) is 0. The van der Waals surface area contributed by atoms with Gasteiger partial charge >= 0.3 is 11.9 Å². The van der Waals surface area contributed by atoms with E-state index >= 15 is 0 Å². The standard InChI is InChI=1S/C20H30N6O7S/c1-34-6-4-13(20(32)33)24-19(31)15(8-16(27)28)26-18(30)14(7-11-9-21-10-23-11)25-17(29)12-3-2-5-22-12/h9-10,12-15,22H,2-8H2,1H3,(H,21,23)(H,24,31)(H,25,29)(H,26,30)(H,27,28)(H,32,33). The summed E-state index contributed by atoms with van der Waals surface area (Å²) in [4.78, 5) is 67.8. The van der Waals surface area contributed by atoms with Crippen LogP contribution in [0.15, 0.2) is 12.5 Å². The van der Waals surface area contributed by atoms with Crippen LogP contribution in [0.5, 0.6) is 0 Å². The van der Waals surface area contributed by atoms with Gasteiger partial charge in [0.25, 0.3) is 0 Å². The number of carboxylic acids is 2. The number of hydrogen-bond acceptors (Lipinski definition) is 8. The van der Waals surface area contributed by atoms with Gasteiger partial charge in [-0.15, -0.1) is 0 Å². The van der Waals surface area contributed by atoms with Gasteiger partial charge in [-0.3, -0.25) is 19.2 Å². The molecule has 3 amide bonds. The highest BCUT2D eigenvalue weighted by atomic mass is 32.2. The fraction of sp³-hybridized carbons (Fsp3) is 0.600. The number of aromatic nitrogens is 2. The Morgan fingerprint density at radius 2 is 1.82 bits per heavy atom. The van der Waals surface area contributed by atoms with Gasteiger partial charge < -0.3 is 36.5 Å². The van der Waals surface area contributed by atoms with Crippen molar-refractivity contribution < 1.29 is 34.2 Å². The second kappa shape index (κ2) is 13.5. The Morgan fingerprint density at radius 1 is 1.12 bits per heavy atom. The van der Waals surface area contributed by atoms with Gasteiger partial charge in [0.05, 0.1) is 18.8 Å². The van der Waals surface area contributed by atoms with Gasteiger partial charge in [0.15, 0.2) is 0 Å². The van der Waals surface area contributed by atoms with Gasteiger partial charge in [0.1, 0.15) is 18.1 Å². The topological polar surface area (TPSA) is 203 Å². The molecule has 2 rings (SSSR count). The Hall–Kier alpha value is -3.13. The highest BCUT2D eigenvalue weighted by Crippen LogP contribution is 2.08. The third-order valence-electron chi connectivity index (χ3n) is 5.23. The minimum absolute atomic E-state index is 0.0250. The third kappa shape index (κ3) is 8.67. The van der Waals surface area contributed by atoms with Crippen molar-refractivity contribution in [2.24, 2.45) is 0 Å². The van der Waals surface area contributed by atoms with Gasteiger partial charge in [-0.25, -0.2) is 9.78 Å². The third-order valence-corrected chi connectivity index (χ3v) is 5.87. The number of rotatable bonds is 14. The van der Waals surface area contributed by atoms with E-state index in [-0.39, 0.29) is 18.7 Å². The molecule has 4 atom stereocenters. The molecular formula is C20H30N6O7S. The Balaban J connectivity index is 2.13. The van der Waals surface area contributed by atoms with Crippen LogP contribution in [0.4, 0.5) is 0 Å². The number of H-pyrrole nitrogens is 1. The molecule has 0 spiro atoms. The molecule has 1 fully saturated rings. The first-order valence-corrected chi connectivity index (χ1v) is 12.2. The summed E-state index contributed by atoms with van der Waals surface area (Å²) in [5.74, 6) is -4.27. The number of carbonyl (C=O) groups is 5. The van der Waals surface area contributed by atoms with Crippen LogP contribution in [0.3, 0.4) is 0 Å². The summed E-state index contributed by atoms with van der Waals surface area (Å²) in [6.45, 7) is 0.678. The maximum Gasteiger partial charge on any atom is 0.326 e. The van der Waals surface area contributed by atoms with E-state index in [9.17, 15) is 34.2 Å². The molecule has 0 aromatic carbocycles. The van der Waals surface area contributed by atoms with Crippen LogP contribution in [-0.4, -0.2) is 92.6 Å². The molecule has 1 aliphatic heterocycles. The zero-order valence-electron chi connectivity index (χ0n) is 18.7. The number of aliphatic carboxylic acids is 2. The fourth-order valence-electron chi connectivity index (χ4n) is 3.43. The molecule has 0 radical (unpaired) electrons. The SMILES string of the molecule is CSCCC(NC(=O)C(CC(=O)O)NC(=O)C(Cc1cnc[nH]1)NC(=O)C1CCCN1)C(=O)O. The number of imidazole rings is 1. The lowest BCUT2D eigenvalue weighted by Gasteiger charge is -2.24. The number of amides is 3. The second-order valence-corrected chi connectivity index (χ2v) is 8.82. The summed E-state index contributed by atoms with van der Waals surface area (Å²) < 4.78 is 0. The molecule has 1 aromatic heterocycles. The number of thioether (sulfide) groups is 1. The zero-order valence-corrected chi connectivity index (χ0v) is 19.5. The zero-order chi connectivity index (χ0) is 25.1. The molecular weight excluding hydrogens is 468 g/mol. The lowest BCUT2D eigenvalue weighted by Crippen LogP contribution is -2.58. The molecule has 0 bridgehead atoms. The molecule has 14 heteroatoms. The average molecular weight is 499 g/mol. The van der Waals surface area contributed by atoms with E-state index in [1.54, 1.807) is 6.26 Å². The summed E-state index contributed by atoms with van der Waals surface area (Å²) in [6.07, 6.45) is 5.49. The van der Waals surface area contributed by atoms with E-state index in [1.807, 2.05) is 0 Å². The van der Waals surface area contributed by atoms with Crippen molar-refractivity contribution in [2.75, 3.05) is 18.6 Å². The van der Waals surface area contributed by atoms with Crippen LogP contribution >= 0.6 is 11.8 Å². The maximum atomic E-state index is 13.0. The monoisotopic (exact) mass is 498 g/mol. The Labute approximate surface area is 200 Å². The quantitative estimate of drug-likeness (QED) is 0.158. The second-order valence-electron chi connectivity index (χ2n) is 7.83. The fourth-order valence-corrected chi connectivity index (χ4v) is 3.90. The van der Waals surface area contributed by atoms with Gasteiger partial charge in [-0.2, -0.15) is 11.8 Å². The lowest BCUT2D eigenvalue weighted by atomic mass is 10.1. The summed E-state index contributed by atoms with van der Waals surface area (Å²) >= 11 is 1.39. The number of carboxylic acid groups (broad SMARTS) is 2. The van der Waals surface area contributed by atoms with E-state index in [2.05, 4.69) is 31.2 Å². The van der Waals surface area contributed by atoms with Crippen LogP contribution in [-0.2, 0) is 30.4 Å². The van der Waals surface area contributed by atoms with Crippen molar-refractivity contribution in [3.63, 3.8) is 0 Å². The van der Waals surface area contributed by atoms with Crippen LogP contribution in [0.25, 0.3) is 0 Å². The highest BCUT2D eigenvalue weighted by Gasteiger charge is 2.32. The first-order valence-electron chi connectivity index (χ1n) is 10.8. The smallest absolute Gasteiger partial charge is 0.326 e. The van der Waals surface area contributed by atoms with Crippen molar-refractivity contribution >= 4 is 41.4 Å². The molecule has 2 heterocycles. The largest absolute Gasteiger partial charge is 0.481 e. The number of hydrogen-bond donors (Lipinski definition) is 7. The number of aromatic amines is 1. The minimum Gasteiger partial charge on any atom is -0.481 e. The Bertz CT molecular complexity index is 860. The van der Waals surface area contributed by atoms with Crippen LogP contribution in [0, 0.1) is 0 Å². The molecule has 1 aromatic rings. The number of nitrogens with zero attached hydrogens (tertiary/aromatic N) is 1. The molecule has 1 aliphatic rings. The Kier molecular flexibility index (Phi) is 10.8. The van der Waals surface area contributed by atoms with E-state index in [1.165, 1.54) is 24.3 Å². The predicted molar refractivity (Wildman–Crippen MR) is 122 cm³/mol. The van der Waals surface area contributed by atoms with E-state index in [4.69, 9.17) is 0 Å². The van der Waals surface area contributed by atoms with Crippen molar-refractivity contribution in [1.82, 2.24) is 31.2 Å². The maximum absolute atomic E-state index is 13.0. The van der Waals surface area contributed by atoms with Crippen molar-refractivity contribution in [2.45, 2.75) is 56.3 Å². The van der Waals surface area contributed by atoms with Crippen LogP contribution in [0.1, 0.15) is 31.4 Å². The van der Waals surface area contributed by atoms with Crippen LogP contribution in [0.2, 0.25) is 0 Å². The molecule has 188 valence electrons. The normalized spacial score (nSPS) is 17.9. The first kappa shape index (κ1) is 27.1. The number of carbonyl (C=O) groups excluding carboxylic acids is 3. The number of nitrogens with one attached hydrogen (secondary N) is 5. The molecule has 0 saturated carbocycles. The van der Waals surface area contributed by atoms with Gasteiger partial charge in [0, 0.05) is 18.3 Å². The molecule has 7 N–H and O–H groups in total. The molecule has 4 unspecified atom stereocenters.